The van der Waals surface area contributed by atoms with Crippen molar-refractivity contribution in [2.45, 2.75) is 52.9 Å². The number of ketones is 1. The average molecular weight is 194 g/mol. The van der Waals surface area contributed by atoms with Crippen LogP contribution in [0.3, 0.4) is 0 Å². The highest BCUT2D eigenvalue weighted by Gasteiger charge is 2.36. The smallest absolute Gasteiger partial charge is 0.140 e. The molecule has 0 aromatic carbocycles. The summed E-state index contributed by atoms with van der Waals surface area (Å²) in [5, 5.41) is 0. The number of allylic oxidation sites excluding steroid dienone is 1. The van der Waals surface area contributed by atoms with Gasteiger partial charge in [0.1, 0.15) is 5.78 Å². The van der Waals surface area contributed by atoms with Crippen molar-refractivity contribution in [2.75, 3.05) is 0 Å². The van der Waals surface area contributed by atoms with Gasteiger partial charge in [-0.15, -0.1) is 0 Å². The van der Waals surface area contributed by atoms with Crippen molar-refractivity contribution >= 4 is 5.78 Å². The summed E-state index contributed by atoms with van der Waals surface area (Å²) >= 11 is 0. The molecular weight excluding hydrogens is 172 g/mol. The lowest BCUT2D eigenvalue weighted by atomic mass is 9.66. The van der Waals surface area contributed by atoms with Gasteiger partial charge in [0.05, 0.1) is 0 Å². The molecule has 14 heavy (non-hydrogen) atoms. The van der Waals surface area contributed by atoms with Crippen LogP contribution < -0.4 is 0 Å². The molecule has 1 fully saturated rings. The Labute approximate surface area is 87.6 Å². The van der Waals surface area contributed by atoms with E-state index in [0.717, 1.165) is 12.0 Å². The van der Waals surface area contributed by atoms with Crippen molar-refractivity contribution < 1.29 is 4.79 Å². The van der Waals surface area contributed by atoms with E-state index in [9.17, 15) is 4.79 Å². The topological polar surface area (TPSA) is 17.1 Å². The van der Waals surface area contributed by atoms with E-state index in [1.807, 2.05) is 6.92 Å². The lowest BCUT2D eigenvalue weighted by Gasteiger charge is -2.37. The van der Waals surface area contributed by atoms with Gasteiger partial charge in [0.2, 0.25) is 0 Å². The molecule has 0 spiro atoms. The fraction of sp³-hybridized carbons (Fsp3) is 0.769. The van der Waals surface area contributed by atoms with Crippen LogP contribution in [0, 0.1) is 11.3 Å². The number of Topliss-reactive ketones (excluding diaryl/α,β-unsaturated/α-hetero) is 1. The Bertz CT molecular complexity index is 238. The maximum Gasteiger partial charge on any atom is 0.140 e. The highest BCUT2D eigenvalue weighted by molar-refractivity contribution is 5.83. The van der Waals surface area contributed by atoms with E-state index < -0.39 is 0 Å². The fourth-order valence-electron chi connectivity index (χ4n) is 2.51. The Kier molecular flexibility index (Phi) is 3.52. The van der Waals surface area contributed by atoms with Crippen LogP contribution in [0.2, 0.25) is 0 Å². The maximum absolute atomic E-state index is 12.0. The van der Waals surface area contributed by atoms with Crippen LogP contribution in [0.25, 0.3) is 0 Å². The molecule has 1 nitrogen and oxygen atoms in total. The van der Waals surface area contributed by atoms with Gasteiger partial charge in [0.25, 0.3) is 0 Å². The second-order valence-electron chi connectivity index (χ2n) is 5.39. The molecule has 0 aromatic heterocycles. The van der Waals surface area contributed by atoms with E-state index in [1.54, 1.807) is 0 Å². The third kappa shape index (κ3) is 2.70. The van der Waals surface area contributed by atoms with Crippen LogP contribution in [-0.2, 0) is 4.79 Å². The molecule has 0 heterocycles. The third-order valence-electron chi connectivity index (χ3n) is 3.37. The molecule has 1 aliphatic rings. The first-order valence-electron chi connectivity index (χ1n) is 5.60. The van der Waals surface area contributed by atoms with Gasteiger partial charge in [-0.3, -0.25) is 4.79 Å². The Morgan fingerprint density at radius 1 is 1.43 bits per heavy atom. The van der Waals surface area contributed by atoms with Gasteiger partial charge in [0.15, 0.2) is 0 Å². The third-order valence-corrected chi connectivity index (χ3v) is 3.37. The predicted octanol–water partition coefficient (Wildman–Crippen LogP) is 3.74. The molecular formula is C13H22O. The highest BCUT2D eigenvalue weighted by atomic mass is 16.1. The second kappa shape index (κ2) is 4.29. The maximum atomic E-state index is 12.0. The molecule has 1 unspecified atom stereocenters. The van der Waals surface area contributed by atoms with Crippen LogP contribution in [0.5, 0.6) is 0 Å². The van der Waals surface area contributed by atoms with E-state index in [4.69, 9.17) is 0 Å². The van der Waals surface area contributed by atoms with Crippen LogP contribution in [-0.4, -0.2) is 5.78 Å². The second-order valence-corrected chi connectivity index (χ2v) is 5.39. The molecule has 0 amide bonds. The molecule has 0 saturated heterocycles. The Morgan fingerprint density at radius 3 is 2.57 bits per heavy atom. The summed E-state index contributed by atoms with van der Waals surface area (Å²) in [4.78, 5) is 12.0. The number of carbonyl (C=O) groups is 1. The first-order chi connectivity index (χ1) is 6.43. The standard InChI is InChI=1S/C13H22O/c1-10(2)9-12(14)11-7-5-6-8-13(11,3)4/h11H,1,5-9H2,2-4H3. The van der Waals surface area contributed by atoms with Crippen LogP contribution >= 0.6 is 0 Å². The van der Waals surface area contributed by atoms with Crippen molar-refractivity contribution in [3.8, 4) is 0 Å². The molecule has 0 N–H and O–H groups in total. The van der Waals surface area contributed by atoms with Gasteiger partial charge < -0.3 is 0 Å². The van der Waals surface area contributed by atoms with Crippen molar-refractivity contribution in [1.82, 2.24) is 0 Å². The molecule has 80 valence electrons. The summed E-state index contributed by atoms with van der Waals surface area (Å²) in [5.74, 6) is 0.676. The van der Waals surface area contributed by atoms with Crippen molar-refractivity contribution in [1.29, 1.82) is 0 Å². The SMILES string of the molecule is C=C(C)CC(=O)C1CCCCC1(C)C. The molecule has 1 aliphatic carbocycles. The Hall–Kier alpha value is -0.590. The van der Waals surface area contributed by atoms with Crippen molar-refractivity contribution in [3.05, 3.63) is 12.2 Å². The van der Waals surface area contributed by atoms with Crippen molar-refractivity contribution in [2.24, 2.45) is 11.3 Å². The van der Waals surface area contributed by atoms with Crippen LogP contribution in [0.1, 0.15) is 52.9 Å². The average Bonchev–Trinajstić information content (AvgIpc) is 2.01. The van der Waals surface area contributed by atoms with E-state index in [0.29, 0.717) is 12.2 Å². The minimum Gasteiger partial charge on any atom is -0.299 e. The van der Waals surface area contributed by atoms with E-state index in [1.165, 1.54) is 19.3 Å². The van der Waals surface area contributed by atoms with Crippen LogP contribution in [0.15, 0.2) is 12.2 Å². The predicted molar refractivity (Wildman–Crippen MR) is 60.2 cm³/mol. The minimum absolute atomic E-state index is 0.213. The lowest BCUT2D eigenvalue weighted by molar-refractivity contribution is -0.127. The van der Waals surface area contributed by atoms with Gasteiger partial charge in [-0.1, -0.05) is 38.8 Å². The summed E-state index contributed by atoms with van der Waals surface area (Å²) in [6.45, 7) is 10.2. The first kappa shape index (κ1) is 11.5. The molecule has 1 atom stereocenters. The minimum atomic E-state index is 0.213. The zero-order valence-corrected chi connectivity index (χ0v) is 9.73. The zero-order chi connectivity index (χ0) is 10.8. The molecule has 0 aliphatic heterocycles. The molecule has 1 heteroatoms. The van der Waals surface area contributed by atoms with Crippen molar-refractivity contribution in [3.63, 3.8) is 0 Å². The van der Waals surface area contributed by atoms with Crippen LogP contribution in [0.4, 0.5) is 0 Å². The summed E-state index contributed by atoms with van der Waals surface area (Å²) < 4.78 is 0. The Balaban J connectivity index is 2.64. The van der Waals surface area contributed by atoms with Gasteiger partial charge >= 0.3 is 0 Å². The van der Waals surface area contributed by atoms with E-state index in [-0.39, 0.29) is 11.3 Å². The van der Waals surface area contributed by atoms with E-state index >= 15 is 0 Å². The molecule has 0 aromatic rings. The monoisotopic (exact) mass is 194 g/mol. The van der Waals surface area contributed by atoms with Gasteiger partial charge in [-0.2, -0.15) is 0 Å². The zero-order valence-electron chi connectivity index (χ0n) is 9.73. The number of hydrogen-bond acceptors (Lipinski definition) is 1. The number of rotatable bonds is 3. The molecule has 1 saturated carbocycles. The molecule has 0 bridgehead atoms. The lowest BCUT2D eigenvalue weighted by Crippen LogP contribution is -2.34. The highest BCUT2D eigenvalue weighted by Crippen LogP contribution is 2.41. The van der Waals surface area contributed by atoms with Gasteiger partial charge in [-0.25, -0.2) is 0 Å². The summed E-state index contributed by atoms with van der Waals surface area (Å²) in [5.41, 5.74) is 1.21. The summed E-state index contributed by atoms with van der Waals surface area (Å²) in [6, 6.07) is 0. The van der Waals surface area contributed by atoms with Gasteiger partial charge in [-0.05, 0) is 25.2 Å². The normalized spacial score (nSPS) is 25.8. The molecule has 1 rings (SSSR count). The number of hydrogen-bond donors (Lipinski definition) is 0. The Morgan fingerprint density at radius 2 is 2.07 bits per heavy atom. The van der Waals surface area contributed by atoms with Gasteiger partial charge in [0, 0.05) is 12.3 Å². The summed E-state index contributed by atoms with van der Waals surface area (Å²) in [7, 11) is 0. The number of carbonyl (C=O) groups excluding carboxylic acids is 1. The summed E-state index contributed by atoms with van der Waals surface area (Å²) in [6.07, 6.45) is 5.35. The molecule has 0 radical (unpaired) electrons. The largest absolute Gasteiger partial charge is 0.299 e. The quantitative estimate of drug-likeness (QED) is 0.625. The van der Waals surface area contributed by atoms with E-state index in [2.05, 4.69) is 20.4 Å². The fourth-order valence-corrected chi connectivity index (χ4v) is 2.51. The first-order valence-corrected chi connectivity index (χ1v) is 5.60.